The van der Waals surface area contributed by atoms with Crippen molar-refractivity contribution in [2.24, 2.45) is 5.41 Å². The molecule has 3 rings (SSSR count). The molecule has 1 N–H and O–H groups in total. The largest absolute Gasteiger partial charge is 0.396 e. The third kappa shape index (κ3) is 2.38. The fourth-order valence-corrected chi connectivity index (χ4v) is 3.44. The van der Waals surface area contributed by atoms with Crippen LogP contribution in [0.25, 0.3) is 5.57 Å². The summed E-state index contributed by atoms with van der Waals surface area (Å²) < 4.78 is 5.25. The number of aliphatic hydroxyl groups excluding tert-OH is 1. The van der Waals surface area contributed by atoms with Crippen LogP contribution in [0.5, 0.6) is 0 Å². The topological polar surface area (TPSA) is 32.7 Å². The van der Waals surface area contributed by atoms with E-state index in [0.717, 1.165) is 26.1 Å². The number of rotatable bonds is 4. The van der Waals surface area contributed by atoms with Gasteiger partial charge in [-0.3, -0.25) is 4.90 Å². The van der Waals surface area contributed by atoms with Gasteiger partial charge in [-0.15, -0.1) is 11.3 Å². The number of aliphatic hydroxyl groups is 1. The Morgan fingerprint density at radius 3 is 2.83 bits per heavy atom. The van der Waals surface area contributed by atoms with Crippen LogP contribution in [0, 0.1) is 5.41 Å². The van der Waals surface area contributed by atoms with Gasteiger partial charge in [0.1, 0.15) is 0 Å². The Labute approximate surface area is 112 Å². The highest BCUT2D eigenvalue weighted by Crippen LogP contribution is 2.31. The molecule has 98 valence electrons. The van der Waals surface area contributed by atoms with Crippen molar-refractivity contribution in [3.8, 4) is 0 Å². The van der Waals surface area contributed by atoms with Gasteiger partial charge in [0.25, 0.3) is 0 Å². The second-order valence-corrected chi connectivity index (χ2v) is 6.29. The van der Waals surface area contributed by atoms with Crippen LogP contribution in [-0.2, 0) is 4.74 Å². The minimum Gasteiger partial charge on any atom is -0.396 e. The van der Waals surface area contributed by atoms with E-state index in [1.807, 2.05) is 11.3 Å². The molecule has 2 aliphatic heterocycles. The van der Waals surface area contributed by atoms with Crippen molar-refractivity contribution < 1.29 is 9.84 Å². The van der Waals surface area contributed by atoms with E-state index in [2.05, 4.69) is 28.5 Å². The molecule has 1 aromatic rings. The zero-order valence-corrected chi connectivity index (χ0v) is 11.3. The summed E-state index contributed by atoms with van der Waals surface area (Å²) >= 11 is 1.82. The number of ether oxygens (including phenoxy) is 1. The summed E-state index contributed by atoms with van der Waals surface area (Å²) in [6.45, 7) is 4.70. The third-order valence-electron chi connectivity index (χ3n) is 3.84. The summed E-state index contributed by atoms with van der Waals surface area (Å²) in [5.74, 6) is 0. The van der Waals surface area contributed by atoms with Gasteiger partial charge in [0.2, 0.25) is 0 Å². The molecule has 0 spiro atoms. The van der Waals surface area contributed by atoms with Crippen molar-refractivity contribution in [1.29, 1.82) is 0 Å². The van der Waals surface area contributed by atoms with Crippen molar-refractivity contribution in [3.63, 3.8) is 0 Å². The van der Waals surface area contributed by atoms with Gasteiger partial charge >= 0.3 is 0 Å². The van der Waals surface area contributed by atoms with Gasteiger partial charge in [0.05, 0.1) is 25.2 Å². The van der Waals surface area contributed by atoms with Gasteiger partial charge < -0.3 is 9.84 Å². The number of thiophene rings is 1. The maximum Gasteiger partial charge on any atom is 0.0579 e. The Balaban J connectivity index is 1.59. The van der Waals surface area contributed by atoms with Crippen LogP contribution in [0.3, 0.4) is 0 Å². The van der Waals surface area contributed by atoms with Crippen LogP contribution in [0.4, 0.5) is 0 Å². The molecule has 1 aromatic heterocycles. The molecular weight excluding hydrogens is 246 g/mol. The van der Waals surface area contributed by atoms with E-state index < -0.39 is 0 Å². The molecule has 0 unspecified atom stereocenters. The van der Waals surface area contributed by atoms with Crippen LogP contribution in [0.2, 0.25) is 0 Å². The molecule has 4 heteroatoms. The molecule has 0 atom stereocenters. The molecule has 1 fully saturated rings. The van der Waals surface area contributed by atoms with Gasteiger partial charge in [0, 0.05) is 24.5 Å². The van der Waals surface area contributed by atoms with E-state index in [9.17, 15) is 5.11 Å². The predicted octanol–water partition coefficient (Wildman–Crippen LogP) is 1.85. The van der Waals surface area contributed by atoms with Gasteiger partial charge in [0.15, 0.2) is 0 Å². The highest BCUT2D eigenvalue weighted by Gasteiger charge is 2.39. The summed E-state index contributed by atoms with van der Waals surface area (Å²) in [4.78, 5) is 3.83. The van der Waals surface area contributed by atoms with E-state index in [-0.39, 0.29) is 12.0 Å². The normalized spacial score (nSPS) is 23.5. The molecule has 0 aromatic carbocycles. The SMILES string of the molecule is OCC1(CN2CC=C(c3cccs3)CC2)COC1. The van der Waals surface area contributed by atoms with Gasteiger partial charge in [-0.05, 0) is 23.4 Å². The first-order chi connectivity index (χ1) is 8.81. The van der Waals surface area contributed by atoms with Gasteiger partial charge in [-0.1, -0.05) is 12.1 Å². The molecular formula is C14H19NO2S. The van der Waals surface area contributed by atoms with Crippen LogP contribution in [0.1, 0.15) is 11.3 Å². The minimum absolute atomic E-state index is 0.00821. The van der Waals surface area contributed by atoms with E-state index >= 15 is 0 Å². The maximum atomic E-state index is 9.45. The van der Waals surface area contributed by atoms with Crippen molar-refractivity contribution in [2.75, 3.05) is 39.5 Å². The standard InChI is InChI=1S/C14H19NO2S/c16-9-14(10-17-11-14)8-15-5-3-12(4-6-15)13-2-1-7-18-13/h1-3,7,16H,4-6,8-11H2. The highest BCUT2D eigenvalue weighted by molar-refractivity contribution is 7.11. The van der Waals surface area contributed by atoms with Crippen molar-refractivity contribution in [2.45, 2.75) is 6.42 Å². The summed E-state index contributed by atoms with van der Waals surface area (Å²) in [7, 11) is 0. The predicted molar refractivity (Wildman–Crippen MR) is 73.7 cm³/mol. The number of hydrogen-bond acceptors (Lipinski definition) is 4. The molecule has 2 aliphatic rings. The second-order valence-electron chi connectivity index (χ2n) is 5.34. The molecule has 18 heavy (non-hydrogen) atoms. The monoisotopic (exact) mass is 265 g/mol. The lowest BCUT2D eigenvalue weighted by Gasteiger charge is -2.43. The van der Waals surface area contributed by atoms with Crippen LogP contribution >= 0.6 is 11.3 Å². The lowest BCUT2D eigenvalue weighted by molar-refractivity contribution is -0.147. The fourth-order valence-electron chi connectivity index (χ4n) is 2.64. The number of nitrogens with zero attached hydrogens (tertiary/aromatic N) is 1. The van der Waals surface area contributed by atoms with E-state index in [1.54, 1.807) is 0 Å². The molecule has 3 heterocycles. The molecule has 0 amide bonds. The second kappa shape index (κ2) is 5.13. The number of hydrogen-bond donors (Lipinski definition) is 1. The van der Waals surface area contributed by atoms with Crippen LogP contribution in [0.15, 0.2) is 23.6 Å². The van der Waals surface area contributed by atoms with Crippen molar-refractivity contribution >= 4 is 16.9 Å². The van der Waals surface area contributed by atoms with E-state index in [0.29, 0.717) is 13.2 Å². The molecule has 0 aliphatic carbocycles. The zero-order valence-electron chi connectivity index (χ0n) is 10.5. The van der Waals surface area contributed by atoms with E-state index in [1.165, 1.54) is 10.5 Å². The highest BCUT2D eigenvalue weighted by atomic mass is 32.1. The first-order valence-corrected chi connectivity index (χ1v) is 7.33. The Hall–Kier alpha value is -0.680. The third-order valence-corrected chi connectivity index (χ3v) is 4.79. The minimum atomic E-state index is 0.00821. The van der Waals surface area contributed by atoms with Crippen molar-refractivity contribution in [3.05, 3.63) is 28.5 Å². The van der Waals surface area contributed by atoms with Crippen LogP contribution < -0.4 is 0 Å². The average Bonchev–Trinajstić information content (AvgIpc) is 2.88. The first-order valence-electron chi connectivity index (χ1n) is 6.45. The maximum absolute atomic E-state index is 9.45. The zero-order chi connectivity index (χ0) is 12.4. The Bertz CT molecular complexity index is 418. The average molecular weight is 265 g/mol. The van der Waals surface area contributed by atoms with E-state index in [4.69, 9.17) is 4.74 Å². The molecule has 0 bridgehead atoms. The molecule has 0 saturated carbocycles. The Morgan fingerprint density at radius 2 is 2.33 bits per heavy atom. The summed E-state index contributed by atoms with van der Waals surface area (Å²) in [5.41, 5.74) is 1.48. The quantitative estimate of drug-likeness (QED) is 0.902. The van der Waals surface area contributed by atoms with Gasteiger partial charge in [-0.2, -0.15) is 0 Å². The Kier molecular flexibility index (Phi) is 3.52. The summed E-state index contributed by atoms with van der Waals surface area (Å²) in [6.07, 6.45) is 3.45. The molecule has 0 radical (unpaired) electrons. The lowest BCUT2D eigenvalue weighted by Crippen LogP contribution is -2.53. The molecule has 3 nitrogen and oxygen atoms in total. The summed E-state index contributed by atoms with van der Waals surface area (Å²) in [5, 5.41) is 11.6. The fraction of sp³-hybridized carbons (Fsp3) is 0.571. The molecule has 1 saturated heterocycles. The van der Waals surface area contributed by atoms with Gasteiger partial charge in [-0.25, -0.2) is 0 Å². The smallest absolute Gasteiger partial charge is 0.0579 e. The Morgan fingerprint density at radius 1 is 1.44 bits per heavy atom. The van der Waals surface area contributed by atoms with Crippen molar-refractivity contribution in [1.82, 2.24) is 4.90 Å². The van der Waals surface area contributed by atoms with Crippen LogP contribution in [-0.4, -0.2) is 49.5 Å². The summed E-state index contributed by atoms with van der Waals surface area (Å²) in [6, 6.07) is 4.31. The first kappa shape index (κ1) is 12.4. The lowest BCUT2D eigenvalue weighted by atomic mass is 9.86.